The Kier molecular flexibility index (Phi) is 3.38. The van der Waals surface area contributed by atoms with E-state index in [2.05, 4.69) is 20.9 Å². The zero-order valence-electron chi connectivity index (χ0n) is 8.88. The van der Waals surface area contributed by atoms with Crippen molar-refractivity contribution in [2.45, 2.75) is 6.92 Å². The lowest BCUT2D eigenvalue weighted by molar-refractivity contribution is 0.419. The molecule has 0 aliphatic heterocycles. The number of ether oxygens (including phenoxy) is 1. The Balaban J connectivity index is 2.28. The molecule has 1 aromatic carbocycles. The van der Waals surface area contributed by atoms with Crippen LogP contribution in [0.1, 0.15) is 5.56 Å². The van der Waals surface area contributed by atoms with E-state index >= 15 is 0 Å². The lowest BCUT2D eigenvalue weighted by Crippen LogP contribution is -1.93. The SMILES string of the molecule is Cc1ccc(Oc2ncc(Br)cc2F)cc1F. The Morgan fingerprint density at radius 1 is 1.18 bits per heavy atom. The van der Waals surface area contributed by atoms with Crippen molar-refractivity contribution in [3.8, 4) is 11.6 Å². The third kappa shape index (κ3) is 2.79. The number of aromatic nitrogens is 1. The maximum atomic E-state index is 13.4. The largest absolute Gasteiger partial charge is 0.436 e. The molecule has 0 radical (unpaired) electrons. The first kappa shape index (κ1) is 12.0. The average Bonchev–Trinajstić information content (AvgIpc) is 2.27. The summed E-state index contributed by atoms with van der Waals surface area (Å²) < 4.78 is 32.3. The van der Waals surface area contributed by atoms with Crippen LogP contribution in [-0.4, -0.2) is 4.98 Å². The van der Waals surface area contributed by atoms with Gasteiger partial charge in [0.05, 0.1) is 0 Å². The quantitative estimate of drug-likeness (QED) is 0.828. The summed E-state index contributed by atoms with van der Waals surface area (Å²) in [6.45, 7) is 1.64. The van der Waals surface area contributed by atoms with E-state index in [0.717, 1.165) is 0 Å². The van der Waals surface area contributed by atoms with E-state index < -0.39 is 11.6 Å². The molecule has 0 fully saturated rings. The van der Waals surface area contributed by atoms with E-state index in [1.165, 1.54) is 18.3 Å². The van der Waals surface area contributed by atoms with Crippen LogP contribution in [0.15, 0.2) is 34.9 Å². The molecule has 0 spiro atoms. The van der Waals surface area contributed by atoms with Crippen LogP contribution in [0.4, 0.5) is 8.78 Å². The van der Waals surface area contributed by atoms with Gasteiger partial charge < -0.3 is 4.74 Å². The minimum atomic E-state index is -0.611. The van der Waals surface area contributed by atoms with Gasteiger partial charge in [-0.3, -0.25) is 0 Å². The standard InChI is InChI=1S/C12H8BrF2NO/c1-7-2-3-9(5-10(7)14)17-12-11(15)4-8(13)6-16-12/h2-6H,1H3. The molecule has 2 rings (SSSR count). The predicted molar refractivity (Wildman–Crippen MR) is 63.1 cm³/mol. The first-order valence-electron chi connectivity index (χ1n) is 4.81. The maximum absolute atomic E-state index is 13.4. The van der Waals surface area contributed by atoms with E-state index in [1.54, 1.807) is 19.1 Å². The van der Waals surface area contributed by atoms with Crippen LogP contribution in [0, 0.1) is 18.6 Å². The number of benzene rings is 1. The van der Waals surface area contributed by atoms with Crippen molar-refractivity contribution in [3.05, 3.63) is 52.1 Å². The van der Waals surface area contributed by atoms with Crippen LogP contribution in [0.25, 0.3) is 0 Å². The van der Waals surface area contributed by atoms with Gasteiger partial charge in [-0.2, -0.15) is 0 Å². The summed E-state index contributed by atoms with van der Waals surface area (Å²) in [6.07, 6.45) is 1.41. The Bertz CT molecular complexity index is 560. The molecule has 2 nitrogen and oxygen atoms in total. The molecule has 0 saturated heterocycles. The molecule has 0 unspecified atom stereocenters. The molecule has 88 valence electrons. The van der Waals surface area contributed by atoms with Gasteiger partial charge in [-0.25, -0.2) is 13.8 Å². The van der Waals surface area contributed by atoms with Crippen LogP contribution < -0.4 is 4.74 Å². The molecule has 0 bridgehead atoms. The van der Waals surface area contributed by atoms with Crippen LogP contribution in [0.5, 0.6) is 11.6 Å². The predicted octanol–water partition coefficient (Wildman–Crippen LogP) is 4.22. The van der Waals surface area contributed by atoms with Crippen molar-refractivity contribution in [3.63, 3.8) is 0 Å². The second-order valence-electron chi connectivity index (χ2n) is 3.45. The summed E-state index contributed by atoms with van der Waals surface area (Å²) in [7, 11) is 0. The minimum absolute atomic E-state index is 0.184. The number of aryl methyl sites for hydroxylation is 1. The highest BCUT2D eigenvalue weighted by molar-refractivity contribution is 9.10. The molecule has 2 aromatic rings. The van der Waals surface area contributed by atoms with Crippen molar-refractivity contribution in [2.75, 3.05) is 0 Å². The number of rotatable bonds is 2. The fourth-order valence-corrected chi connectivity index (χ4v) is 1.53. The summed E-state index contributed by atoms with van der Waals surface area (Å²) in [4.78, 5) is 3.76. The normalized spacial score (nSPS) is 10.4. The lowest BCUT2D eigenvalue weighted by Gasteiger charge is -2.06. The summed E-state index contributed by atoms with van der Waals surface area (Å²) in [5.74, 6) is -0.987. The molecule has 17 heavy (non-hydrogen) atoms. The van der Waals surface area contributed by atoms with Gasteiger partial charge in [0.25, 0.3) is 5.88 Å². The van der Waals surface area contributed by atoms with E-state index in [-0.39, 0.29) is 11.6 Å². The van der Waals surface area contributed by atoms with Crippen LogP contribution >= 0.6 is 15.9 Å². The molecule has 0 N–H and O–H groups in total. The number of halogens is 3. The Labute approximate surface area is 105 Å². The molecular weight excluding hydrogens is 292 g/mol. The third-order valence-electron chi connectivity index (χ3n) is 2.13. The van der Waals surface area contributed by atoms with Gasteiger partial charge in [0.1, 0.15) is 11.6 Å². The molecule has 1 heterocycles. The topological polar surface area (TPSA) is 22.1 Å². The molecule has 1 aromatic heterocycles. The van der Waals surface area contributed by atoms with E-state index in [4.69, 9.17) is 4.74 Å². The highest BCUT2D eigenvalue weighted by Crippen LogP contribution is 2.25. The number of hydrogen-bond donors (Lipinski definition) is 0. The fraction of sp³-hybridized carbons (Fsp3) is 0.0833. The van der Waals surface area contributed by atoms with Crippen molar-refractivity contribution in [1.82, 2.24) is 4.98 Å². The molecule has 0 aliphatic rings. The van der Waals surface area contributed by atoms with E-state index in [9.17, 15) is 8.78 Å². The van der Waals surface area contributed by atoms with Crippen LogP contribution in [-0.2, 0) is 0 Å². The van der Waals surface area contributed by atoms with Gasteiger partial charge >= 0.3 is 0 Å². The summed E-state index contributed by atoms with van der Waals surface area (Å²) in [6, 6.07) is 5.54. The highest BCUT2D eigenvalue weighted by Gasteiger charge is 2.08. The second kappa shape index (κ2) is 4.79. The third-order valence-corrected chi connectivity index (χ3v) is 2.57. The first-order chi connectivity index (χ1) is 8.06. The summed E-state index contributed by atoms with van der Waals surface area (Å²) in [5.41, 5.74) is 0.501. The monoisotopic (exact) mass is 299 g/mol. The molecule has 0 atom stereocenters. The lowest BCUT2D eigenvalue weighted by atomic mass is 10.2. The Morgan fingerprint density at radius 3 is 2.59 bits per heavy atom. The van der Waals surface area contributed by atoms with Crippen molar-refractivity contribution in [1.29, 1.82) is 0 Å². The average molecular weight is 300 g/mol. The molecule has 5 heteroatoms. The maximum Gasteiger partial charge on any atom is 0.255 e. The van der Waals surface area contributed by atoms with Gasteiger partial charge in [0, 0.05) is 16.7 Å². The molecule has 0 aliphatic carbocycles. The van der Waals surface area contributed by atoms with E-state index in [0.29, 0.717) is 10.0 Å². The van der Waals surface area contributed by atoms with Crippen molar-refractivity contribution in [2.24, 2.45) is 0 Å². The Hall–Kier alpha value is -1.49. The second-order valence-corrected chi connectivity index (χ2v) is 4.37. The number of pyridine rings is 1. The number of hydrogen-bond acceptors (Lipinski definition) is 2. The van der Waals surface area contributed by atoms with Crippen LogP contribution in [0.3, 0.4) is 0 Å². The Morgan fingerprint density at radius 2 is 1.94 bits per heavy atom. The molecular formula is C12H8BrF2NO. The van der Waals surface area contributed by atoms with Crippen LogP contribution in [0.2, 0.25) is 0 Å². The zero-order chi connectivity index (χ0) is 12.4. The summed E-state index contributed by atoms with van der Waals surface area (Å²) >= 11 is 3.08. The smallest absolute Gasteiger partial charge is 0.255 e. The highest BCUT2D eigenvalue weighted by atomic mass is 79.9. The van der Waals surface area contributed by atoms with Crippen molar-refractivity contribution >= 4 is 15.9 Å². The molecule has 0 amide bonds. The van der Waals surface area contributed by atoms with Crippen molar-refractivity contribution < 1.29 is 13.5 Å². The van der Waals surface area contributed by atoms with Gasteiger partial charge in [0.15, 0.2) is 5.82 Å². The minimum Gasteiger partial charge on any atom is -0.436 e. The summed E-state index contributed by atoms with van der Waals surface area (Å²) in [5, 5.41) is 0. The van der Waals surface area contributed by atoms with Gasteiger partial charge in [-0.1, -0.05) is 6.07 Å². The van der Waals surface area contributed by atoms with Gasteiger partial charge in [0.2, 0.25) is 0 Å². The van der Waals surface area contributed by atoms with Gasteiger partial charge in [-0.15, -0.1) is 0 Å². The fourth-order valence-electron chi connectivity index (χ4n) is 1.23. The van der Waals surface area contributed by atoms with Gasteiger partial charge in [-0.05, 0) is 40.5 Å². The number of nitrogens with zero attached hydrogens (tertiary/aromatic N) is 1. The van der Waals surface area contributed by atoms with E-state index in [1.807, 2.05) is 0 Å². The first-order valence-corrected chi connectivity index (χ1v) is 5.60. The molecule has 0 saturated carbocycles. The zero-order valence-corrected chi connectivity index (χ0v) is 10.5.